The highest BCUT2D eigenvalue weighted by molar-refractivity contribution is 7.04. The van der Waals surface area contributed by atoms with E-state index in [-0.39, 0.29) is 0 Å². The standard InChI is InChI=1S/C4H6N2OS/c1-7-4-3(5)2-8-6-4/h2H,5H2,1H3. The van der Waals surface area contributed by atoms with E-state index in [1.54, 1.807) is 12.5 Å². The molecule has 1 heterocycles. The van der Waals surface area contributed by atoms with Crippen LogP contribution in [0.1, 0.15) is 0 Å². The molecule has 0 atom stereocenters. The number of aromatic nitrogens is 1. The van der Waals surface area contributed by atoms with E-state index in [0.29, 0.717) is 11.6 Å². The molecule has 0 aromatic carbocycles. The van der Waals surface area contributed by atoms with Crippen molar-refractivity contribution in [3.05, 3.63) is 5.38 Å². The van der Waals surface area contributed by atoms with Crippen LogP contribution < -0.4 is 10.5 Å². The number of nitrogens with two attached hydrogens (primary N) is 1. The molecule has 0 saturated heterocycles. The van der Waals surface area contributed by atoms with Crippen LogP contribution in [0, 0.1) is 0 Å². The molecule has 0 aliphatic rings. The molecule has 4 heteroatoms. The maximum Gasteiger partial charge on any atom is 0.248 e. The lowest BCUT2D eigenvalue weighted by Gasteiger charge is -1.90. The Labute approximate surface area is 51.3 Å². The Balaban J connectivity index is 2.92. The third-order valence-corrected chi connectivity index (χ3v) is 1.39. The van der Waals surface area contributed by atoms with Gasteiger partial charge in [0.2, 0.25) is 5.88 Å². The fourth-order valence-electron chi connectivity index (χ4n) is 0.389. The smallest absolute Gasteiger partial charge is 0.248 e. The van der Waals surface area contributed by atoms with Gasteiger partial charge >= 0.3 is 0 Å². The van der Waals surface area contributed by atoms with Crippen LogP contribution in [0.15, 0.2) is 5.38 Å². The van der Waals surface area contributed by atoms with Crippen molar-refractivity contribution in [2.24, 2.45) is 0 Å². The first-order valence-electron chi connectivity index (χ1n) is 2.08. The number of rotatable bonds is 1. The molecular weight excluding hydrogens is 124 g/mol. The second kappa shape index (κ2) is 2.00. The van der Waals surface area contributed by atoms with Gasteiger partial charge in [0.05, 0.1) is 7.11 Å². The SMILES string of the molecule is COc1nscc1N. The molecule has 0 amide bonds. The van der Waals surface area contributed by atoms with Gasteiger partial charge in [0.1, 0.15) is 5.69 Å². The van der Waals surface area contributed by atoms with E-state index in [1.165, 1.54) is 11.5 Å². The first-order valence-corrected chi connectivity index (χ1v) is 2.92. The summed E-state index contributed by atoms with van der Waals surface area (Å²) < 4.78 is 8.59. The number of ether oxygens (including phenoxy) is 1. The number of methoxy groups -OCH3 is 1. The average Bonchev–Trinajstić information content (AvgIpc) is 2.14. The third kappa shape index (κ3) is 0.742. The number of hydrogen-bond acceptors (Lipinski definition) is 4. The van der Waals surface area contributed by atoms with E-state index >= 15 is 0 Å². The molecule has 0 aliphatic carbocycles. The fourth-order valence-corrected chi connectivity index (χ4v) is 0.932. The van der Waals surface area contributed by atoms with E-state index in [0.717, 1.165) is 0 Å². The van der Waals surface area contributed by atoms with Crippen molar-refractivity contribution in [3.8, 4) is 5.88 Å². The molecule has 0 aliphatic heterocycles. The lowest BCUT2D eigenvalue weighted by molar-refractivity contribution is 0.405. The van der Waals surface area contributed by atoms with Crippen molar-refractivity contribution in [1.82, 2.24) is 4.37 Å². The van der Waals surface area contributed by atoms with Crippen LogP contribution in [0.25, 0.3) is 0 Å². The highest BCUT2D eigenvalue weighted by Gasteiger charge is 1.97. The van der Waals surface area contributed by atoms with Crippen molar-refractivity contribution in [1.29, 1.82) is 0 Å². The lowest BCUT2D eigenvalue weighted by atomic mass is 10.6. The second-order valence-corrected chi connectivity index (χ2v) is 1.91. The second-order valence-electron chi connectivity index (χ2n) is 1.28. The molecule has 0 saturated carbocycles. The molecule has 1 aromatic rings. The Bertz CT molecular complexity index is 174. The van der Waals surface area contributed by atoms with Gasteiger partial charge in [-0.3, -0.25) is 0 Å². The van der Waals surface area contributed by atoms with E-state index < -0.39 is 0 Å². The molecule has 3 nitrogen and oxygen atoms in total. The Kier molecular flexibility index (Phi) is 1.34. The maximum atomic E-state index is 5.37. The van der Waals surface area contributed by atoms with E-state index in [1.807, 2.05) is 0 Å². The fraction of sp³-hybridized carbons (Fsp3) is 0.250. The quantitative estimate of drug-likeness (QED) is 0.609. The van der Waals surface area contributed by atoms with Crippen LogP contribution in [0.4, 0.5) is 5.69 Å². The molecule has 1 aromatic heterocycles. The predicted octanol–water partition coefficient (Wildman–Crippen LogP) is 0.734. The van der Waals surface area contributed by atoms with Crippen molar-refractivity contribution in [2.45, 2.75) is 0 Å². The van der Waals surface area contributed by atoms with Crippen LogP contribution in [0.3, 0.4) is 0 Å². The molecule has 0 unspecified atom stereocenters. The van der Waals surface area contributed by atoms with Crippen LogP contribution in [0.5, 0.6) is 5.88 Å². The molecule has 0 spiro atoms. The van der Waals surface area contributed by atoms with Crippen molar-refractivity contribution < 1.29 is 4.74 Å². The summed E-state index contributed by atoms with van der Waals surface area (Å²) in [5.41, 5.74) is 5.98. The number of nitrogen functional groups attached to an aromatic ring is 1. The Morgan fingerprint density at radius 3 is 2.88 bits per heavy atom. The lowest BCUT2D eigenvalue weighted by Crippen LogP contribution is -1.87. The summed E-state index contributed by atoms with van der Waals surface area (Å²) in [4.78, 5) is 0. The Morgan fingerprint density at radius 1 is 1.88 bits per heavy atom. The minimum atomic E-state index is 0.523. The zero-order valence-electron chi connectivity index (χ0n) is 4.42. The number of nitrogens with zero attached hydrogens (tertiary/aromatic N) is 1. The summed E-state index contributed by atoms with van der Waals surface area (Å²) >= 11 is 1.29. The van der Waals surface area contributed by atoms with E-state index in [4.69, 9.17) is 10.5 Å². The van der Waals surface area contributed by atoms with Crippen LogP contribution in [-0.4, -0.2) is 11.5 Å². The highest BCUT2D eigenvalue weighted by atomic mass is 32.1. The molecule has 8 heavy (non-hydrogen) atoms. The summed E-state index contributed by atoms with van der Waals surface area (Å²) in [5, 5.41) is 1.73. The van der Waals surface area contributed by atoms with Crippen LogP contribution in [-0.2, 0) is 0 Å². The number of hydrogen-bond donors (Lipinski definition) is 1. The van der Waals surface area contributed by atoms with Gasteiger partial charge in [0, 0.05) is 5.38 Å². The average molecular weight is 130 g/mol. The largest absolute Gasteiger partial charge is 0.479 e. The first kappa shape index (κ1) is 5.37. The van der Waals surface area contributed by atoms with Gasteiger partial charge in [-0.25, -0.2) is 0 Å². The summed E-state index contributed by atoms with van der Waals surface area (Å²) in [7, 11) is 1.55. The van der Waals surface area contributed by atoms with Gasteiger partial charge in [-0.15, -0.1) is 0 Å². The Hall–Kier alpha value is -0.770. The van der Waals surface area contributed by atoms with Crippen LogP contribution >= 0.6 is 11.5 Å². The minimum absolute atomic E-state index is 0.523. The van der Waals surface area contributed by atoms with E-state index in [9.17, 15) is 0 Å². The summed E-state index contributed by atoms with van der Waals surface area (Å²) in [6.07, 6.45) is 0. The molecule has 2 N–H and O–H groups in total. The molecule has 44 valence electrons. The van der Waals surface area contributed by atoms with Gasteiger partial charge in [-0.1, -0.05) is 0 Å². The zero-order valence-corrected chi connectivity index (χ0v) is 5.23. The monoisotopic (exact) mass is 130 g/mol. The summed E-state index contributed by atoms with van der Waals surface area (Å²) in [6, 6.07) is 0. The first-order chi connectivity index (χ1) is 3.84. The molecule has 0 radical (unpaired) electrons. The molecule has 0 fully saturated rings. The Morgan fingerprint density at radius 2 is 2.62 bits per heavy atom. The molecule has 1 rings (SSSR count). The van der Waals surface area contributed by atoms with Gasteiger partial charge in [-0.2, -0.15) is 4.37 Å². The summed E-state index contributed by atoms with van der Waals surface area (Å²) in [5.74, 6) is 0.523. The maximum absolute atomic E-state index is 5.37. The van der Waals surface area contributed by atoms with Gasteiger partial charge < -0.3 is 10.5 Å². The topological polar surface area (TPSA) is 48.1 Å². The van der Waals surface area contributed by atoms with Crippen molar-refractivity contribution in [3.63, 3.8) is 0 Å². The minimum Gasteiger partial charge on any atom is -0.479 e. The molecule has 0 bridgehead atoms. The van der Waals surface area contributed by atoms with Crippen molar-refractivity contribution in [2.75, 3.05) is 12.8 Å². The highest BCUT2D eigenvalue weighted by Crippen LogP contribution is 2.19. The van der Waals surface area contributed by atoms with Crippen molar-refractivity contribution >= 4 is 17.2 Å². The van der Waals surface area contributed by atoms with Gasteiger partial charge in [0.15, 0.2) is 0 Å². The zero-order chi connectivity index (χ0) is 5.98. The van der Waals surface area contributed by atoms with Gasteiger partial charge in [-0.05, 0) is 11.5 Å². The third-order valence-electron chi connectivity index (χ3n) is 0.756. The molecular formula is C4H6N2OS. The summed E-state index contributed by atoms with van der Waals surface area (Å²) in [6.45, 7) is 0. The predicted molar refractivity (Wildman–Crippen MR) is 33.1 cm³/mol. The van der Waals surface area contributed by atoms with E-state index in [2.05, 4.69) is 4.37 Å². The normalized spacial score (nSPS) is 9.12. The number of anilines is 1. The van der Waals surface area contributed by atoms with Crippen LogP contribution in [0.2, 0.25) is 0 Å². The van der Waals surface area contributed by atoms with Gasteiger partial charge in [0.25, 0.3) is 0 Å².